The van der Waals surface area contributed by atoms with Crippen molar-refractivity contribution >= 4 is 17.7 Å². The molecule has 0 radical (unpaired) electrons. The van der Waals surface area contributed by atoms with Crippen molar-refractivity contribution in [1.29, 1.82) is 0 Å². The smallest absolute Gasteiger partial charge is 0.230 e. The minimum atomic E-state index is 0.242. The first kappa shape index (κ1) is 14.2. The first-order valence-electron chi connectivity index (χ1n) is 7.39. The van der Waals surface area contributed by atoms with E-state index in [1.54, 1.807) is 0 Å². The summed E-state index contributed by atoms with van der Waals surface area (Å²) in [4.78, 5) is 11.9. The van der Waals surface area contributed by atoms with Gasteiger partial charge in [-0.05, 0) is 44.7 Å². The zero-order chi connectivity index (χ0) is 12.8. The quantitative estimate of drug-likeness (QED) is 0.745. The molecule has 3 nitrogen and oxygen atoms in total. The monoisotopic (exact) mass is 270 g/mol. The number of amides is 1. The molecule has 1 unspecified atom stereocenters. The molecule has 1 amide bonds. The predicted octanol–water partition coefficient (Wildman–Crippen LogP) is 2.17. The van der Waals surface area contributed by atoms with Crippen molar-refractivity contribution in [2.75, 3.05) is 18.8 Å². The Morgan fingerprint density at radius 2 is 2.06 bits per heavy atom. The Kier molecular flexibility index (Phi) is 5.83. The summed E-state index contributed by atoms with van der Waals surface area (Å²) in [5.74, 6) is 1.78. The molecule has 2 N–H and O–H groups in total. The third-order valence-corrected chi connectivity index (χ3v) is 5.28. The van der Waals surface area contributed by atoms with Crippen LogP contribution in [0.4, 0.5) is 0 Å². The van der Waals surface area contributed by atoms with Crippen LogP contribution in [0.1, 0.15) is 45.4 Å². The zero-order valence-corrected chi connectivity index (χ0v) is 12.2. The molecule has 0 aromatic carbocycles. The van der Waals surface area contributed by atoms with E-state index in [0.717, 1.165) is 25.4 Å². The maximum Gasteiger partial charge on any atom is 0.230 e. The second-order valence-electron chi connectivity index (χ2n) is 5.61. The number of rotatable bonds is 7. The van der Waals surface area contributed by atoms with Crippen LogP contribution in [0.25, 0.3) is 0 Å². The van der Waals surface area contributed by atoms with E-state index in [4.69, 9.17) is 0 Å². The molecule has 1 heterocycles. The van der Waals surface area contributed by atoms with E-state index < -0.39 is 0 Å². The fourth-order valence-corrected chi connectivity index (χ4v) is 3.55. The van der Waals surface area contributed by atoms with E-state index in [2.05, 4.69) is 17.6 Å². The molecule has 1 saturated carbocycles. The van der Waals surface area contributed by atoms with Crippen LogP contribution in [0.3, 0.4) is 0 Å². The number of carbonyl (C=O) groups is 1. The van der Waals surface area contributed by atoms with E-state index in [9.17, 15) is 4.79 Å². The number of carbonyl (C=O) groups excluding carboxylic acids is 1. The molecule has 1 aliphatic heterocycles. The van der Waals surface area contributed by atoms with Gasteiger partial charge in [0.2, 0.25) is 5.91 Å². The van der Waals surface area contributed by atoms with Crippen LogP contribution >= 0.6 is 11.8 Å². The van der Waals surface area contributed by atoms with Crippen LogP contribution in [0.2, 0.25) is 0 Å². The molecule has 2 aliphatic rings. The number of thioether (sulfide) groups is 1. The molecule has 18 heavy (non-hydrogen) atoms. The van der Waals surface area contributed by atoms with Gasteiger partial charge in [-0.2, -0.15) is 0 Å². The standard InChI is InChI=1S/C14H26N2OS/c1-2-12(9-11-3-4-11)16-14(17)10-18-13-5-7-15-8-6-13/h11-13,15H,2-10H2,1H3,(H,16,17). The SMILES string of the molecule is CCC(CC1CC1)NC(=O)CSC1CCNCC1. The zero-order valence-electron chi connectivity index (χ0n) is 11.4. The topological polar surface area (TPSA) is 41.1 Å². The van der Waals surface area contributed by atoms with Crippen molar-refractivity contribution in [3.63, 3.8) is 0 Å². The van der Waals surface area contributed by atoms with Crippen LogP contribution < -0.4 is 10.6 Å². The molecule has 2 rings (SSSR count). The first-order chi connectivity index (χ1) is 8.78. The molecule has 1 atom stereocenters. The Balaban J connectivity index is 1.60. The lowest BCUT2D eigenvalue weighted by Crippen LogP contribution is -2.37. The van der Waals surface area contributed by atoms with E-state index in [1.807, 2.05) is 11.8 Å². The van der Waals surface area contributed by atoms with Gasteiger partial charge in [-0.3, -0.25) is 4.79 Å². The average Bonchev–Trinajstić information content (AvgIpc) is 3.21. The third kappa shape index (κ3) is 5.19. The highest BCUT2D eigenvalue weighted by molar-refractivity contribution is 8.00. The van der Waals surface area contributed by atoms with Gasteiger partial charge < -0.3 is 10.6 Å². The Morgan fingerprint density at radius 3 is 2.67 bits per heavy atom. The molecule has 0 aromatic rings. The van der Waals surface area contributed by atoms with Crippen molar-refractivity contribution in [2.45, 2.75) is 56.7 Å². The second-order valence-corrected chi connectivity index (χ2v) is 6.90. The normalized spacial score (nSPS) is 22.7. The Morgan fingerprint density at radius 1 is 1.33 bits per heavy atom. The Hall–Kier alpha value is -0.220. The fraction of sp³-hybridized carbons (Fsp3) is 0.929. The van der Waals surface area contributed by atoms with Crippen LogP contribution in [0, 0.1) is 5.92 Å². The van der Waals surface area contributed by atoms with Crippen LogP contribution in [0.15, 0.2) is 0 Å². The average molecular weight is 270 g/mol. The molecule has 0 aromatic heterocycles. The highest BCUT2D eigenvalue weighted by Crippen LogP contribution is 2.34. The first-order valence-corrected chi connectivity index (χ1v) is 8.44. The molecular formula is C14H26N2OS. The van der Waals surface area contributed by atoms with Gasteiger partial charge in [0.1, 0.15) is 0 Å². The lowest BCUT2D eigenvalue weighted by atomic mass is 10.1. The summed E-state index contributed by atoms with van der Waals surface area (Å²) in [5, 5.41) is 7.24. The Bertz CT molecular complexity index is 263. The molecule has 4 heteroatoms. The van der Waals surface area contributed by atoms with Crippen molar-refractivity contribution in [1.82, 2.24) is 10.6 Å². The summed E-state index contributed by atoms with van der Waals surface area (Å²) in [6, 6.07) is 0.415. The predicted molar refractivity (Wildman–Crippen MR) is 77.9 cm³/mol. The minimum Gasteiger partial charge on any atom is -0.353 e. The number of nitrogens with one attached hydrogen (secondary N) is 2. The van der Waals surface area contributed by atoms with Gasteiger partial charge in [0, 0.05) is 11.3 Å². The van der Waals surface area contributed by atoms with Gasteiger partial charge in [-0.25, -0.2) is 0 Å². The number of hydrogen-bond donors (Lipinski definition) is 2. The molecule has 1 saturated heterocycles. The second kappa shape index (κ2) is 7.39. The van der Waals surface area contributed by atoms with E-state index in [0.29, 0.717) is 17.0 Å². The highest BCUT2D eigenvalue weighted by atomic mass is 32.2. The third-order valence-electron chi connectivity index (χ3n) is 3.91. The minimum absolute atomic E-state index is 0.242. The van der Waals surface area contributed by atoms with Crippen molar-refractivity contribution in [3.05, 3.63) is 0 Å². The van der Waals surface area contributed by atoms with Gasteiger partial charge in [0.25, 0.3) is 0 Å². The maximum atomic E-state index is 11.9. The summed E-state index contributed by atoms with van der Waals surface area (Å²) < 4.78 is 0. The lowest BCUT2D eigenvalue weighted by molar-refractivity contribution is -0.119. The number of piperidine rings is 1. The van der Waals surface area contributed by atoms with Crippen LogP contribution in [0.5, 0.6) is 0 Å². The summed E-state index contributed by atoms with van der Waals surface area (Å²) in [6.07, 6.45) is 7.42. The molecule has 2 fully saturated rings. The number of hydrogen-bond acceptors (Lipinski definition) is 3. The van der Waals surface area contributed by atoms with Crippen molar-refractivity contribution < 1.29 is 4.79 Å². The fourth-order valence-electron chi connectivity index (χ4n) is 2.51. The molecule has 1 aliphatic carbocycles. The van der Waals surface area contributed by atoms with Crippen LogP contribution in [-0.4, -0.2) is 36.0 Å². The van der Waals surface area contributed by atoms with E-state index in [1.165, 1.54) is 32.1 Å². The molecule has 0 bridgehead atoms. The largest absolute Gasteiger partial charge is 0.353 e. The summed E-state index contributed by atoms with van der Waals surface area (Å²) in [7, 11) is 0. The summed E-state index contributed by atoms with van der Waals surface area (Å²) in [5.41, 5.74) is 0. The van der Waals surface area contributed by atoms with Crippen molar-refractivity contribution in [2.24, 2.45) is 5.92 Å². The summed E-state index contributed by atoms with van der Waals surface area (Å²) in [6.45, 7) is 4.39. The molecular weight excluding hydrogens is 244 g/mol. The lowest BCUT2D eigenvalue weighted by Gasteiger charge is -2.22. The molecule has 0 spiro atoms. The van der Waals surface area contributed by atoms with Gasteiger partial charge >= 0.3 is 0 Å². The van der Waals surface area contributed by atoms with Crippen LogP contribution in [-0.2, 0) is 4.79 Å². The van der Waals surface area contributed by atoms with Gasteiger partial charge in [-0.15, -0.1) is 11.8 Å². The highest BCUT2D eigenvalue weighted by Gasteiger charge is 2.25. The van der Waals surface area contributed by atoms with Gasteiger partial charge in [0.05, 0.1) is 5.75 Å². The van der Waals surface area contributed by atoms with Crippen molar-refractivity contribution in [3.8, 4) is 0 Å². The van der Waals surface area contributed by atoms with Gasteiger partial charge in [-0.1, -0.05) is 19.8 Å². The maximum absolute atomic E-state index is 11.9. The van der Waals surface area contributed by atoms with Gasteiger partial charge in [0.15, 0.2) is 0 Å². The van der Waals surface area contributed by atoms with E-state index in [-0.39, 0.29) is 5.91 Å². The molecule has 104 valence electrons. The Labute approximate surface area is 115 Å². The van der Waals surface area contributed by atoms with E-state index >= 15 is 0 Å². The summed E-state index contributed by atoms with van der Waals surface area (Å²) >= 11 is 1.84.